The summed E-state index contributed by atoms with van der Waals surface area (Å²) in [4.78, 5) is 27.4. The number of benzene rings is 1. The Morgan fingerprint density at radius 2 is 1.77 bits per heavy atom. The number of aromatic nitrogens is 1. The summed E-state index contributed by atoms with van der Waals surface area (Å²) < 4.78 is 47.3. The van der Waals surface area contributed by atoms with Gasteiger partial charge in [0, 0.05) is 71.1 Å². The Morgan fingerprint density at radius 3 is 2.39 bits per heavy atom. The summed E-state index contributed by atoms with van der Waals surface area (Å²) in [6, 6.07) is 3.89. The lowest BCUT2D eigenvalue weighted by molar-refractivity contribution is -0.117. The molecule has 0 saturated carbocycles. The highest BCUT2D eigenvalue weighted by atomic mass is 32.2. The van der Waals surface area contributed by atoms with Crippen LogP contribution in [0.3, 0.4) is 0 Å². The molecular weight excluding hydrogens is 426 g/mol. The number of carbonyl (C=O) groups excluding carboxylic acids is 1. The van der Waals surface area contributed by atoms with Gasteiger partial charge in [-0.15, -0.1) is 0 Å². The summed E-state index contributed by atoms with van der Waals surface area (Å²) >= 11 is 0. The topological polar surface area (TPSA) is 68.6 Å². The average molecular weight is 451 g/mol. The number of rotatable bonds is 4. The van der Waals surface area contributed by atoms with E-state index in [1.807, 2.05) is 0 Å². The summed E-state index contributed by atoms with van der Waals surface area (Å²) in [5.74, 6) is -1.44. The predicted octanol–water partition coefficient (Wildman–Crippen LogP) is 3.05. The molecule has 31 heavy (non-hydrogen) atoms. The minimum Gasteiger partial charge on any atom is -0.497 e. The number of methoxy groups -OCH3 is 1. The molecule has 6 nitrogen and oxygen atoms in total. The minimum absolute atomic E-state index is 0.0216. The maximum Gasteiger partial charge on any atom is 0.275 e. The molecule has 9 heteroatoms. The van der Waals surface area contributed by atoms with Crippen molar-refractivity contribution in [3.63, 3.8) is 0 Å². The van der Waals surface area contributed by atoms with Gasteiger partial charge in [0.25, 0.3) is 5.56 Å². The van der Waals surface area contributed by atoms with E-state index in [2.05, 4.69) is 0 Å². The second-order valence-electron chi connectivity index (χ2n) is 8.05. The average Bonchev–Trinajstić information content (AvgIpc) is 3.09. The van der Waals surface area contributed by atoms with E-state index in [1.165, 1.54) is 12.0 Å². The fraction of sp³-hybridized carbons (Fsp3) is 0.455. The van der Waals surface area contributed by atoms with Crippen molar-refractivity contribution in [2.75, 3.05) is 30.1 Å². The molecule has 2 saturated heterocycles. The van der Waals surface area contributed by atoms with E-state index in [9.17, 15) is 22.6 Å². The lowest BCUT2D eigenvalue weighted by Crippen LogP contribution is -2.36. The van der Waals surface area contributed by atoms with Crippen LogP contribution in [0.4, 0.5) is 14.5 Å². The van der Waals surface area contributed by atoms with Gasteiger partial charge in [-0.05, 0) is 31.4 Å². The molecule has 0 spiro atoms. The van der Waals surface area contributed by atoms with Crippen molar-refractivity contribution in [2.24, 2.45) is 0 Å². The zero-order valence-corrected chi connectivity index (χ0v) is 18.2. The van der Waals surface area contributed by atoms with Crippen LogP contribution in [0.5, 0.6) is 5.75 Å². The van der Waals surface area contributed by atoms with E-state index >= 15 is 0 Å². The highest BCUT2D eigenvalue weighted by molar-refractivity contribution is 7.85. The second-order valence-corrected chi connectivity index (χ2v) is 9.75. The van der Waals surface area contributed by atoms with Gasteiger partial charge in [-0.3, -0.25) is 13.8 Å². The van der Waals surface area contributed by atoms with E-state index in [-0.39, 0.29) is 47.5 Å². The molecule has 3 heterocycles. The van der Waals surface area contributed by atoms with Gasteiger partial charge < -0.3 is 14.2 Å². The number of hydrogen-bond acceptors (Lipinski definition) is 4. The molecule has 166 valence electrons. The van der Waals surface area contributed by atoms with Gasteiger partial charge in [0.1, 0.15) is 23.1 Å². The smallest absolute Gasteiger partial charge is 0.275 e. The van der Waals surface area contributed by atoms with Crippen LogP contribution in [0.15, 0.2) is 29.2 Å². The Bertz CT molecular complexity index is 1080. The Balaban J connectivity index is 1.67. The normalized spacial score (nSPS) is 23.9. The van der Waals surface area contributed by atoms with Gasteiger partial charge in [-0.1, -0.05) is 0 Å². The Morgan fingerprint density at radius 1 is 1.13 bits per heavy atom. The number of anilines is 1. The van der Waals surface area contributed by atoms with Crippen molar-refractivity contribution in [2.45, 2.75) is 38.1 Å². The first-order chi connectivity index (χ1) is 14.8. The lowest BCUT2D eigenvalue weighted by atomic mass is 9.97. The standard InChI is InChI=1S/C22H24F2N2O4S/c1-13-3-6-25(15-4-7-31(29)8-5-15)22(28)21(13)26-12-14(9-19(26)27)20-17(23)10-16(30-2)11-18(20)24/h3,6,10-11,14-15H,4-5,7-9,12H2,1-2H3. The van der Waals surface area contributed by atoms with Crippen LogP contribution in [0, 0.1) is 18.6 Å². The number of pyridine rings is 1. The molecule has 1 atom stereocenters. The molecule has 1 aromatic heterocycles. The number of hydrogen-bond donors (Lipinski definition) is 0. The predicted molar refractivity (Wildman–Crippen MR) is 114 cm³/mol. The van der Waals surface area contributed by atoms with Gasteiger partial charge in [0.2, 0.25) is 5.91 Å². The molecule has 2 aliphatic heterocycles. The molecule has 2 fully saturated rings. The van der Waals surface area contributed by atoms with Gasteiger partial charge in [0.15, 0.2) is 0 Å². The summed E-state index contributed by atoms with van der Waals surface area (Å²) in [7, 11) is 0.470. The van der Waals surface area contributed by atoms with Crippen molar-refractivity contribution in [1.82, 2.24) is 4.57 Å². The van der Waals surface area contributed by atoms with Gasteiger partial charge in [0.05, 0.1) is 7.11 Å². The van der Waals surface area contributed by atoms with Crippen LogP contribution in [0.2, 0.25) is 0 Å². The van der Waals surface area contributed by atoms with Crippen LogP contribution >= 0.6 is 0 Å². The van der Waals surface area contributed by atoms with Crippen molar-refractivity contribution in [3.05, 3.63) is 57.5 Å². The molecule has 0 bridgehead atoms. The minimum atomic E-state index is -0.852. The molecule has 1 unspecified atom stereocenters. The van der Waals surface area contributed by atoms with Crippen LogP contribution in [-0.2, 0) is 15.6 Å². The Kier molecular flexibility index (Phi) is 5.96. The molecule has 2 aliphatic rings. The molecule has 0 aliphatic carbocycles. The third kappa shape index (κ3) is 4.03. The van der Waals surface area contributed by atoms with E-state index in [1.54, 1.807) is 23.8 Å². The van der Waals surface area contributed by atoms with E-state index < -0.39 is 28.4 Å². The van der Waals surface area contributed by atoms with Crippen molar-refractivity contribution >= 4 is 22.4 Å². The highest BCUT2D eigenvalue weighted by Crippen LogP contribution is 2.36. The summed E-state index contributed by atoms with van der Waals surface area (Å²) in [6.07, 6.45) is 2.89. The molecule has 1 amide bonds. The van der Waals surface area contributed by atoms with Crippen molar-refractivity contribution in [1.29, 1.82) is 0 Å². The number of ether oxygens (including phenoxy) is 1. The number of nitrogens with zero attached hydrogens (tertiary/aromatic N) is 2. The van der Waals surface area contributed by atoms with E-state index in [4.69, 9.17) is 4.74 Å². The number of halogens is 2. The summed E-state index contributed by atoms with van der Waals surface area (Å²) in [5, 5.41) is 0. The Labute approximate surface area is 181 Å². The van der Waals surface area contributed by atoms with Gasteiger partial charge >= 0.3 is 0 Å². The van der Waals surface area contributed by atoms with Crippen molar-refractivity contribution in [3.8, 4) is 5.75 Å². The van der Waals surface area contributed by atoms with Crippen LogP contribution in [0.25, 0.3) is 0 Å². The lowest BCUT2D eigenvalue weighted by Gasteiger charge is -2.26. The van der Waals surface area contributed by atoms with Gasteiger partial charge in [-0.25, -0.2) is 8.78 Å². The first-order valence-corrected chi connectivity index (χ1v) is 11.7. The highest BCUT2D eigenvalue weighted by Gasteiger charge is 2.37. The zero-order chi connectivity index (χ0) is 22.3. The number of amides is 1. The second kappa shape index (κ2) is 8.53. The monoisotopic (exact) mass is 450 g/mol. The SMILES string of the molecule is COc1cc(F)c(C2CC(=O)N(c3c(C)ccn(C4CCS(=O)CC4)c3=O)C2)c(F)c1. The fourth-order valence-corrected chi connectivity index (χ4v) is 5.77. The maximum atomic E-state index is 14.6. The van der Waals surface area contributed by atoms with Crippen molar-refractivity contribution < 1.29 is 22.5 Å². The van der Waals surface area contributed by atoms with Gasteiger partial charge in [-0.2, -0.15) is 0 Å². The van der Waals surface area contributed by atoms with Crippen LogP contribution in [-0.4, -0.2) is 39.8 Å². The summed E-state index contributed by atoms with van der Waals surface area (Å²) in [6.45, 7) is 1.76. The number of aryl methyl sites for hydroxylation is 1. The quantitative estimate of drug-likeness (QED) is 0.718. The molecule has 0 radical (unpaired) electrons. The third-order valence-corrected chi connectivity index (χ3v) is 7.52. The molecule has 1 aromatic carbocycles. The Hall–Kier alpha value is -2.55. The largest absolute Gasteiger partial charge is 0.497 e. The molecule has 0 N–H and O–H groups in total. The first kappa shape index (κ1) is 21.7. The van der Waals surface area contributed by atoms with E-state index in [0.717, 1.165) is 12.1 Å². The summed E-state index contributed by atoms with van der Waals surface area (Å²) in [5.41, 5.74) is 0.406. The fourth-order valence-electron chi connectivity index (χ4n) is 4.49. The third-order valence-electron chi connectivity index (χ3n) is 6.14. The zero-order valence-electron chi connectivity index (χ0n) is 17.4. The molecule has 2 aromatic rings. The van der Waals surface area contributed by atoms with Crippen LogP contribution in [0.1, 0.15) is 42.3 Å². The van der Waals surface area contributed by atoms with Crippen LogP contribution < -0.4 is 15.2 Å². The first-order valence-electron chi connectivity index (χ1n) is 10.2. The van der Waals surface area contributed by atoms with E-state index in [0.29, 0.717) is 29.9 Å². The maximum absolute atomic E-state index is 14.6. The molecule has 4 rings (SSSR count). The molecular formula is C22H24F2N2O4S. The number of carbonyl (C=O) groups is 1.